The zero-order chi connectivity index (χ0) is 19.1. The van der Waals surface area contributed by atoms with Gasteiger partial charge in [-0.15, -0.1) is 0 Å². The number of amidine groups is 1. The fourth-order valence-corrected chi connectivity index (χ4v) is 2.30. The number of hydrogen-bond donors (Lipinski definition) is 4. The summed E-state index contributed by atoms with van der Waals surface area (Å²) in [5, 5.41) is 14.8. The molecule has 2 amide bonds. The van der Waals surface area contributed by atoms with Crippen LogP contribution in [0.3, 0.4) is 0 Å². The van der Waals surface area contributed by atoms with Gasteiger partial charge in [0.1, 0.15) is 6.04 Å². The van der Waals surface area contributed by atoms with Crippen LogP contribution in [0.25, 0.3) is 0 Å². The summed E-state index contributed by atoms with van der Waals surface area (Å²) in [6.07, 6.45) is 0.158. The van der Waals surface area contributed by atoms with Crippen molar-refractivity contribution >= 4 is 17.6 Å². The molecule has 10 nitrogen and oxygen atoms in total. The first-order valence-corrected chi connectivity index (χ1v) is 7.52. The molecule has 1 aromatic rings. The lowest BCUT2D eigenvalue weighted by atomic mass is 10.0. The number of primary amides is 1. The maximum atomic E-state index is 12.3. The molecule has 0 heterocycles. The third-order valence-electron chi connectivity index (χ3n) is 3.48. The van der Waals surface area contributed by atoms with Crippen molar-refractivity contribution in [2.75, 3.05) is 0 Å². The number of hydrazone groups is 1. The molecular formula is C15H22N6O4. The third kappa shape index (κ3) is 6.55. The van der Waals surface area contributed by atoms with Crippen LogP contribution in [0.5, 0.6) is 0 Å². The molecule has 1 aromatic carbocycles. The summed E-state index contributed by atoms with van der Waals surface area (Å²) in [5.74, 6) is -1.56. The van der Waals surface area contributed by atoms with Gasteiger partial charge < -0.3 is 22.5 Å². The van der Waals surface area contributed by atoms with Gasteiger partial charge in [-0.3, -0.25) is 9.59 Å². The summed E-state index contributed by atoms with van der Waals surface area (Å²) in [5.41, 5.74) is 18.6. The van der Waals surface area contributed by atoms with Gasteiger partial charge in [-0.2, -0.15) is 0 Å². The molecule has 1 unspecified atom stereocenters. The topological polar surface area (TPSA) is 180 Å². The lowest BCUT2D eigenvalue weighted by Gasteiger charge is -2.17. The number of benzene rings is 1. The second kappa shape index (κ2) is 8.73. The highest BCUT2D eigenvalue weighted by Gasteiger charge is 2.22. The minimum Gasteiger partial charge on any atom is -0.381 e. The monoisotopic (exact) mass is 350 g/mol. The minimum atomic E-state index is -0.984. The zero-order valence-corrected chi connectivity index (χ0v) is 14.1. The Bertz CT molecular complexity index is 683. The van der Waals surface area contributed by atoms with Crippen molar-refractivity contribution in [3.05, 3.63) is 45.0 Å². The molecule has 0 fully saturated rings. The van der Waals surface area contributed by atoms with Crippen LogP contribution < -0.4 is 22.5 Å². The maximum Gasteiger partial charge on any atom is 0.251 e. The molecule has 0 saturated heterocycles. The lowest BCUT2D eigenvalue weighted by Crippen LogP contribution is -2.46. The van der Waals surface area contributed by atoms with Crippen LogP contribution in [0.2, 0.25) is 0 Å². The van der Waals surface area contributed by atoms with Crippen molar-refractivity contribution in [1.82, 2.24) is 5.32 Å². The second-order valence-electron chi connectivity index (χ2n) is 5.75. The highest BCUT2D eigenvalue weighted by Crippen LogP contribution is 2.10. The van der Waals surface area contributed by atoms with Crippen molar-refractivity contribution in [3.63, 3.8) is 0 Å². The largest absolute Gasteiger partial charge is 0.381 e. The van der Waals surface area contributed by atoms with Gasteiger partial charge in [-0.05, 0) is 38.8 Å². The van der Waals surface area contributed by atoms with Gasteiger partial charge in [0, 0.05) is 5.56 Å². The first-order valence-electron chi connectivity index (χ1n) is 7.52. The van der Waals surface area contributed by atoms with Gasteiger partial charge >= 0.3 is 0 Å². The summed E-state index contributed by atoms with van der Waals surface area (Å²) in [4.78, 5) is 34.1. The van der Waals surface area contributed by atoms with E-state index in [9.17, 15) is 19.7 Å². The number of nitro groups is 1. The predicted octanol–water partition coefficient (Wildman–Crippen LogP) is -0.456. The van der Waals surface area contributed by atoms with Crippen molar-refractivity contribution in [1.29, 1.82) is 0 Å². The molecule has 0 aliphatic carbocycles. The summed E-state index contributed by atoms with van der Waals surface area (Å²) in [6.45, 7) is 3.71. The van der Waals surface area contributed by atoms with E-state index in [1.54, 1.807) is 12.1 Å². The molecule has 0 saturated carbocycles. The Kier molecular flexibility index (Phi) is 7.00. The van der Waals surface area contributed by atoms with E-state index >= 15 is 0 Å². The molecule has 7 N–H and O–H groups in total. The van der Waals surface area contributed by atoms with E-state index in [1.807, 2.05) is 19.9 Å². The van der Waals surface area contributed by atoms with E-state index in [1.165, 1.54) is 0 Å². The van der Waals surface area contributed by atoms with Crippen molar-refractivity contribution in [2.24, 2.45) is 22.3 Å². The van der Waals surface area contributed by atoms with Gasteiger partial charge in [0.15, 0.2) is 10.9 Å². The van der Waals surface area contributed by atoms with E-state index < -0.39 is 28.9 Å². The molecule has 0 aliphatic heterocycles. The van der Waals surface area contributed by atoms with Crippen LogP contribution in [0, 0.1) is 24.0 Å². The fourth-order valence-electron chi connectivity index (χ4n) is 2.30. The Morgan fingerprint density at radius 2 is 1.76 bits per heavy atom. The van der Waals surface area contributed by atoms with Crippen LogP contribution in [-0.4, -0.2) is 34.8 Å². The number of rotatable bonds is 8. The average Bonchev–Trinajstić information content (AvgIpc) is 2.48. The molecule has 0 spiro atoms. The van der Waals surface area contributed by atoms with Crippen molar-refractivity contribution in [2.45, 2.75) is 38.8 Å². The summed E-state index contributed by atoms with van der Waals surface area (Å²) in [7, 11) is 0. The smallest absolute Gasteiger partial charge is 0.251 e. The SMILES string of the molecule is Cc1cc(C)cc(C(=O)N[C@@H](CCC(N)C(N)=N[N+](=O)[O-])C(N)=O)c1. The number of carbonyl (C=O) groups excluding carboxylic acids is 2. The quantitative estimate of drug-likeness (QED) is 0.213. The first kappa shape index (κ1) is 20.0. The number of aryl methyl sites for hydroxylation is 2. The number of nitrogens with two attached hydrogens (primary N) is 3. The molecule has 2 atom stereocenters. The van der Waals surface area contributed by atoms with E-state index in [0.717, 1.165) is 11.1 Å². The molecule has 0 radical (unpaired) electrons. The zero-order valence-electron chi connectivity index (χ0n) is 14.1. The van der Waals surface area contributed by atoms with Crippen LogP contribution in [0.15, 0.2) is 23.3 Å². The van der Waals surface area contributed by atoms with Crippen LogP contribution in [0.1, 0.15) is 34.3 Å². The predicted molar refractivity (Wildman–Crippen MR) is 92.2 cm³/mol. The Hall–Kier alpha value is -3.01. The molecule has 0 aliphatic rings. The molecule has 10 heteroatoms. The third-order valence-corrected chi connectivity index (χ3v) is 3.48. The van der Waals surface area contributed by atoms with Crippen LogP contribution in [-0.2, 0) is 4.79 Å². The van der Waals surface area contributed by atoms with E-state index in [4.69, 9.17) is 17.2 Å². The van der Waals surface area contributed by atoms with Gasteiger partial charge in [0.2, 0.25) is 5.91 Å². The van der Waals surface area contributed by atoms with Gasteiger partial charge in [0.05, 0.1) is 11.1 Å². The standard InChI is InChI=1S/C15H22N6O4/c1-8-5-9(2)7-10(6-8)15(23)19-12(14(18)22)4-3-11(16)13(17)20-21(24)25/h5-7,11-12H,3-4,16H2,1-2H3,(H2,17,20)(H2,18,22)(H,19,23)/t11?,12-/m0/s1. The van der Waals surface area contributed by atoms with E-state index in [0.29, 0.717) is 5.56 Å². The van der Waals surface area contributed by atoms with Crippen molar-refractivity contribution < 1.29 is 14.6 Å². The van der Waals surface area contributed by atoms with Gasteiger partial charge in [-0.25, -0.2) is 10.1 Å². The highest BCUT2D eigenvalue weighted by molar-refractivity contribution is 5.97. The van der Waals surface area contributed by atoms with E-state index in [2.05, 4.69) is 10.4 Å². The average molecular weight is 350 g/mol. The Morgan fingerprint density at radius 1 is 1.20 bits per heavy atom. The van der Waals surface area contributed by atoms with Crippen LogP contribution in [0.4, 0.5) is 0 Å². The molecular weight excluding hydrogens is 328 g/mol. The first-order chi connectivity index (χ1) is 11.6. The number of amides is 2. The molecule has 136 valence electrons. The molecule has 25 heavy (non-hydrogen) atoms. The summed E-state index contributed by atoms with van der Waals surface area (Å²) < 4.78 is 0. The van der Waals surface area contributed by atoms with E-state index in [-0.39, 0.29) is 18.7 Å². The van der Waals surface area contributed by atoms with Gasteiger partial charge in [0.25, 0.3) is 5.91 Å². The summed E-state index contributed by atoms with van der Waals surface area (Å²) >= 11 is 0. The van der Waals surface area contributed by atoms with Gasteiger partial charge in [-0.1, -0.05) is 17.2 Å². The number of nitrogens with zero attached hydrogens (tertiary/aromatic N) is 2. The Labute approximate surface area is 144 Å². The maximum absolute atomic E-state index is 12.3. The Balaban J connectivity index is 2.76. The number of carbonyl (C=O) groups is 2. The lowest BCUT2D eigenvalue weighted by molar-refractivity contribution is -0.485. The normalized spacial score (nSPS) is 13.8. The molecule has 0 bridgehead atoms. The number of hydrogen-bond acceptors (Lipinski definition) is 5. The second-order valence-corrected chi connectivity index (χ2v) is 5.75. The minimum absolute atomic E-state index is 0.0704. The molecule has 1 rings (SSSR count). The number of nitrogens with one attached hydrogen (secondary N) is 1. The Morgan fingerprint density at radius 3 is 2.24 bits per heavy atom. The highest BCUT2D eigenvalue weighted by atomic mass is 16.7. The molecule has 0 aromatic heterocycles. The van der Waals surface area contributed by atoms with Crippen molar-refractivity contribution in [3.8, 4) is 0 Å². The fraction of sp³-hybridized carbons (Fsp3) is 0.400. The van der Waals surface area contributed by atoms with Crippen LogP contribution >= 0.6 is 0 Å². The summed E-state index contributed by atoms with van der Waals surface area (Å²) in [6, 6.07) is 3.38.